The Bertz CT molecular complexity index is 1890. The second-order valence-electron chi connectivity index (χ2n) is 9.71. The average Bonchev–Trinajstić information content (AvgIpc) is 3.52. The molecule has 5 rings (SSSR count). The van der Waals surface area contributed by atoms with Gasteiger partial charge in [0.2, 0.25) is 0 Å². The number of halogens is 2. The molecule has 0 bridgehead atoms. The van der Waals surface area contributed by atoms with Crippen molar-refractivity contribution in [3.05, 3.63) is 101 Å². The first kappa shape index (κ1) is 29.7. The number of rotatable bonds is 8. The van der Waals surface area contributed by atoms with Crippen molar-refractivity contribution < 1.29 is 23.4 Å². The molecule has 0 unspecified atom stereocenters. The van der Waals surface area contributed by atoms with E-state index in [1.807, 2.05) is 19.9 Å². The highest BCUT2D eigenvalue weighted by Gasteiger charge is 2.34. The van der Waals surface area contributed by atoms with Crippen LogP contribution in [0.25, 0.3) is 17.4 Å². The Labute approximate surface area is 256 Å². The van der Waals surface area contributed by atoms with Crippen LogP contribution in [0.2, 0.25) is 10.0 Å². The van der Waals surface area contributed by atoms with Gasteiger partial charge in [-0.25, -0.2) is 9.79 Å². The van der Waals surface area contributed by atoms with Gasteiger partial charge in [0.15, 0.2) is 16.3 Å². The van der Waals surface area contributed by atoms with Crippen LogP contribution in [-0.2, 0) is 9.53 Å². The minimum atomic E-state index is -0.801. The van der Waals surface area contributed by atoms with Crippen LogP contribution in [0.15, 0.2) is 74.0 Å². The van der Waals surface area contributed by atoms with Gasteiger partial charge in [0.25, 0.3) is 5.56 Å². The molecule has 0 saturated heterocycles. The first-order valence-corrected chi connectivity index (χ1v) is 14.8. The Morgan fingerprint density at radius 3 is 2.62 bits per heavy atom. The SMILES string of the molecule is CCOC(=O)C1=C(C)N=c2s/c(=C/c3ccc(-c4ccc(Cl)cc4Cl)o3)c(=O)n2[C@@H]1c1ccc(OC(C)C)c(OC)c1. The molecule has 0 saturated carbocycles. The summed E-state index contributed by atoms with van der Waals surface area (Å²) in [6, 6.07) is 13.2. The van der Waals surface area contributed by atoms with E-state index < -0.39 is 12.0 Å². The van der Waals surface area contributed by atoms with Gasteiger partial charge in [-0.15, -0.1) is 0 Å². The Morgan fingerprint density at radius 1 is 1.14 bits per heavy atom. The Balaban J connectivity index is 1.64. The van der Waals surface area contributed by atoms with E-state index in [-0.39, 0.29) is 23.8 Å². The van der Waals surface area contributed by atoms with E-state index in [1.54, 1.807) is 69.5 Å². The van der Waals surface area contributed by atoms with Crippen LogP contribution in [0, 0.1) is 0 Å². The number of fused-ring (bicyclic) bond motifs is 1. The van der Waals surface area contributed by atoms with Crippen LogP contribution >= 0.6 is 34.5 Å². The van der Waals surface area contributed by atoms with Gasteiger partial charge in [-0.3, -0.25) is 9.36 Å². The number of carbonyl (C=O) groups is 1. The molecule has 2 aromatic carbocycles. The number of aromatic nitrogens is 1. The number of nitrogens with zero attached hydrogens (tertiary/aromatic N) is 2. The Hall–Kier alpha value is -3.79. The standard InChI is InChI=1S/C31H28Cl2N2O6S/c1-6-39-30(37)27-17(4)34-31-35(28(27)18-7-11-24(40-16(2)3)25(13-18)38-5)29(36)26(42-31)15-20-9-12-23(41-20)21-10-8-19(32)14-22(21)33/h7-16,28H,6H2,1-5H3/b26-15+/t28-/m1/s1. The van der Waals surface area contributed by atoms with Crippen molar-refractivity contribution in [3.63, 3.8) is 0 Å². The molecule has 1 aliphatic rings. The zero-order valence-electron chi connectivity index (χ0n) is 23.6. The number of thiazole rings is 1. The number of hydrogen-bond donors (Lipinski definition) is 0. The number of furan rings is 1. The second-order valence-corrected chi connectivity index (χ2v) is 11.6. The third-order valence-corrected chi connectivity index (χ3v) is 8.01. The van der Waals surface area contributed by atoms with E-state index in [1.165, 1.54) is 15.9 Å². The molecule has 0 spiro atoms. The summed E-state index contributed by atoms with van der Waals surface area (Å²) in [6.45, 7) is 7.48. The molecule has 2 aromatic heterocycles. The third-order valence-electron chi connectivity index (χ3n) is 6.48. The molecule has 1 aliphatic heterocycles. The molecule has 4 aromatic rings. The zero-order valence-corrected chi connectivity index (χ0v) is 25.9. The largest absolute Gasteiger partial charge is 0.493 e. The van der Waals surface area contributed by atoms with Gasteiger partial charge >= 0.3 is 5.97 Å². The number of carbonyl (C=O) groups excluding carboxylic acids is 1. The van der Waals surface area contributed by atoms with Gasteiger partial charge < -0.3 is 18.6 Å². The predicted molar refractivity (Wildman–Crippen MR) is 163 cm³/mol. The number of methoxy groups -OCH3 is 1. The summed E-state index contributed by atoms with van der Waals surface area (Å²) in [5.74, 6) is 1.47. The molecule has 1 atom stereocenters. The van der Waals surface area contributed by atoms with E-state index in [4.69, 9.17) is 41.8 Å². The van der Waals surface area contributed by atoms with Crippen LogP contribution in [0.3, 0.4) is 0 Å². The molecule has 0 fully saturated rings. The lowest BCUT2D eigenvalue weighted by molar-refractivity contribution is -0.139. The second kappa shape index (κ2) is 12.2. The smallest absolute Gasteiger partial charge is 0.338 e. The quantitative estimate of drug-likeness (QED) is 0.217. The topological polar surface area (TPSA) is 92.3 Å². The summed E-state index contributed by atoms with van der Waals surface area (Å²) in [5, 5.41) is 0.966. The molecule has 0 radical (unpaired) electrons. The molecule has 218 valence electrons. The third kappa shape index (κ3) is 5.77. The Morgan fingerprint density at radius 2 is 1.93 bits per heavy atom. The lowest BCUT2D eigenvalue weighted by atomic mass is 9.95. The zero-order chi connectivity index (χ0) is 30.1. The van der Waals surface area contributed by atoms with Crippen LogP contribution in [0.1, 0.15) is 45.1 Å². The van der Waals surface area contributed by atoms with E-state index in [0.717, 1.165) is 0 Å². The molecule has 0 amide bonds. The van der Waals surface area contributed by atoms with Crippen molar-refractivity contribution >= 4 is 46.6 Å². The molecule has 3 heterocycles. The summed E-state index contributed by atoms with van der Waals surface area (Å²) in [7, 11) is 1.54. The highest BCUT2D eigenvalue weighted by molar-refractivity contribution is 7.07. The van der Waals surface area contributed by atoms with E-state index in [0.29, 0.717) is 59.2 Å². The number of esters is 1. The van der Waals surface area contributed by atoms with Crippen molar-refractivity contribution in [2.75, 3.05) is 13.7 Å². The number of allylic oxidation sites excluding steroid dienone is 1. The van der Waals surface area contributed by atoms with E-state index in [2.05, 4.69) is 4.99 Å². The van der Waals surface area contributed by atoms with Crippen molar-refractivity contribution in [1.82, 2.24) is 4.57 Å². The van der Waals surface area contributed by atoms with Crippen molar-refractivity contribution in [2.24, 2.45) is 4.99 Å². The summed E-state index contributed by atoms with van der Waals surface area (Å²) in [4.78, 5) is 32.2. The van der Waals surface area contributed by atoms with Gasteiger partial charge in [-0.1, -0.05) is 40.6 Å². The van der Waals surface area contributed by atoms with E-state index >= 15 is 0 Å². The van der Waals surface area contributed by atoms with Gasteiger partial charge in [0.1, 0.15) is 11.5 Å². The fourth-order valence-electron chi connectivity index (χ4n) is 4.71. The first-order chi connectivity index (χ1) is 20.1. The van der Waals surface area contributed by atoms with Crippen molar-refractivity contribution in [3.8, 4) is 22.8 Å². The maximum Gasteiger partial charge on any atom is 0.338 e. The van der Waals surface area contributed by atoms with Gasteiger partial charge in [-0.05, 0) is 75.7 Å². The molecule has 0 aliphatic carbocycles. The summed E-state index contributed by atoms with van der Waals surface area (Å²) in [5.41, 5.74) is 1.72. The van der Waals surface area contributed by atoms with Crippen molar-refractivity contribution in [1.29, 1.82) is 0 Å². The summed E-state index contributed by atoms with van der Waals surface area (Å²) in [6.07, 6.45) is 1.58. The van der Waals surface area contributed by atoms with Crippen LogP contribution < -0.4 is 24.4 Å². The summed E-state index contributed by atoms with van der Waals surface area (Å²) < 4.78 is 24.8. The maximum atomic E-state index is 13.9. The molecule has 42 heavy (non-hydrogen) atoms. The maximum absolute atomic E-state index is 13.9. The minimum Gasteiger partial charge on any atom is -0.493 e. The average molecular weight is 628 g/mol. The van der Waals surface area contributed by atoms with Crippen LogP contribution in [0.5, 0.6) is 11.5 Å². The fourth-order valence-corrected chi connectivity index (χ4v) is 6.23. The van der Waals surface area contributed by atoms with Gasteiger partial charge in [-0.2, -0.15) is 0 Å². The fraction of sp³-hybridized carbons (Fsp3) is 0.258. The molecule has 0 N–H and O–H groups in total. The predicted octanol–water partition coefficient (Wildman–Crippen LogP) is 6.16. The molecule has 11 heteroatoms. The van der Waals surface area contributed by atoms with Crippen molar-refractivity contribution in [2.45, 2.75) is 39.8 Å². The lowest BCUT2D eigenvalue weighted by Crippen LogP contribution is -2.40. The molecular formula is C31H28Cl2N2O6S. The van der Waals surface area contributed by atoms with Gasteiger partial charge in [0.05, 0.1) is 46.7 Å². The monoisotopic (exact) mass is 626 g/mol. The minimum absolute atomic E-state index is 0.0718. The first-order valence-electron chi connectivity index (χ1n) is 13.2. The Kier molecular flexibility index (Phi) is 8.63. The number of ether oxygens (including phenoxy) is 3. The highest BCUT2D eigenvalue weighted by Crippen LogP contribution is 2.37. The van der Waals surface area contributed by atoms with Crippen LogP contribution in [0.4, 0.5) is 0 Å². The van der Waals surface area contributed by atoms with E-state index in [9.17, 15) is 9.59 Å². The highest BCUT2D eigenvalue weighted by atomic mass is 35.5. The number of benzene rings is 2. The normalized spacial score (nSPS) is 15.0. The molecular weight excluding hydrogens is 599 g/mol. The summed E-state index contributed by atoms with van der Waals surface area (Å²) >= 11 is 13.6. The molecule has 8 nitrogen and oxygen atoms in total. The van der Waals surface area contributed by atoms with Gasteiger partial charge in [0, 0.05) is 16.7 Å². The van der Waals surface area contributed by atoms with Crippen LogP contribution in [-0.4, -0.2) is 30.4 Å². The number of hydrogen-bond acceptors (Lipinski definition) is 8. The lowest BCUT2D eigenvalue weighted by Gasteiger charge is -2.25.